The second-order valence-electron chi connectivity index (χ2n) is 10.4. The van der Waals surface area contributed by atoms with Gasteiger partial charge in [0.2, 0.25) is 11.8 Å². The van der Waals surface area contributed by atoms with Crippen molar-refractivity contribution in [2.75, 3.05) is 26.2 Å². The van der Waals surface area contributed by atoms with E-state index in [0.717, 1.165) is 43.2 Å². The summed E-state index contributed by atoms with van der Waals surface area (Å²) in [5.74, 6) is 2.34. The molecule has 2 atom stereocenters. The first-order valence-corrected chi connectivity index (χ1v) is 14.1. The molecule has 0 saturated carbocycles. The normalized spacial score (nSPS) is 19.4. The van der Waals surface area contributed by atoms with E-state index in [1.807, 2.05) is 30.3 Å². The number of piperazine rings is 1. The minimum atomic E-state index is -0.774. The number of hydrogen-bond donors (Lipinski definition) is 2. The number of benzene rings is 2. The molecule has 40 heavy (non-hydrogen) atoms. The number of fused-ring (bicyclic) bond motifs is 1. The summed E-state index contributed by atoms with van der Waals surface area (Å²) in [6.07, 6.45) is 10.5. The van der Waals surface area contributed by atoms with Crippen molar-refractivity contribution in [3.8, 4) is 18.1 Å². The topological polar surface area (TPSA) is 96.4 Å². The second-order valence-corrected chi connectivity index (χ2v) is 10.4. The molecule has 0 aromatic heterocycles. The lowest BCUT2D eigenvalue weighted by Gasteiger charge is -2.55. The van der Waals surface area contributed by atoms with Crippen molar-refractivity contribution in [3.63, 3.8) is 0 Å². The number of hydrogen-bond acceptors (Lipinski definition) is 5. The van der Waals surface area contributed by atoms with E-state index in [0.29, 0.717) is 13.1 Å². The highest BCUT2D eigenvalue weighted by Gasteiger charge is 2.51. The molecule has 2 saturated heterocycles. The number of phenolic OH excluding ortho intramolecular Hbond substituents is 1. The van der Waals surface area contributed by atoms with E-state index < -0.39 is 12.2 Å². The van der Waals surface area contributed by atoms with Gasteiger partial charge in [-0.05, 0) is 29.7 Å². The second kappa shape index (κ2) is 13.9. The van der Waals surface area contributed by atoms with Gasteiger partial charge in [-0.25, -0.2) is 9.80 Å². The molecule has 9 heteroatoms. The molecule has 4 amide bonds. The van der Waals surface area contributed by atoms with Crippen LogP contribution in [0.25, 0.3) is 0 Å². The van der Waals surface area contributed by atoms with Crippen molar-refractivity contribution < 1.29 is 19.5 Å². The SMILES string of the molecule is C#CCN1CC(=O)N2[C@@H](Cc3ccc(O)cc3)C(=O)N(CCCCCCC)C[C@@H]2N1C(=O)NCc1ccccc1. The highest BCUT2D eigenvalue weighted by Crippen LogP contribution is 2.29. The summed E-state index contributed by atoms with van der Waals surface area (Å²) < 4.78 is 0. The number of hydrazine groups is 1. The molecule has 2 heterocycles. The van der Waals surface area contributed by atoms with E-state index >= 15 is 0 Å². The van der Waals surface area contributed by atoms with Crippen LogP contribution in [0.5, 0.6) is 5.75 Å². The fourth-order valence-corrected chi connectivity index (χ4v) is 5.45. The Kier molecular flexibility index (Phi) is 10.0. The zero-order chi connectivity index (χ0) is 28.5. The van der Waals surface area contributed by atoms with Crippen LogP contribution in [-0.4, -0.2) is 81.2 Å². The molecule has 2 aromatic rings. The Balaban J connectivity index is 1.62. The van der Waals surface area contributed by atoms with Crippen LogP contribution in [-0.2, 0) is 22.6 Å². The minimum Gasteiger partial charge on any atom is -0.508 e. The lowest BCUT2D eigenvalue weighted by Crippen LogP contribution is -2.76. The molecule has 2 fully saturated rings. The third kappa shape index (κ3) is 6.93. The number of terminal acetylenes is 1. The number of unbranched alkanes of at least 4 members (excludes halogenated alkanes) is 4. The van der Waals surface area contributed by atoms with Crippen LogP contribution >= 0.6 is 0 Å². The molecule has 2 N–H and O–H groups in total. The van der Waals surface area contributed by atoms with E-state index in [-0.39, 0.29) is 49.7 Å². The van der Waals surface area contributed by atoms with Crippen molar-refractivity contribution in [2.24, 2.45) is 0 Å². The Labute approximate surface area is 236 Å². The highest BCUT2D eigenvalue weighted by molar-refractivity contribution is 5.91. The van der Waals surface area contributed by atoms with E-state index in [9.17, 15) is 19.5 Å². The first-order chi connectivity index (χ1) is 19.4. The maximum atomic E-state index is 13.8. The first kappa shape index (κ1) is 29.0. The van der Waals surface area contributed by atoms with Crippen molar-refractivity contribution in [3.05, 3.63) is 65.7 Å². The minimum absolute atomic E-state index is 0.0857. The van der Waals surface area contributed by atoms with Crippen LogP contribution < -0.4 is 5.32 Å². The fourth-order valence-electron chi connectivity index (χ4n) is 5.45. The lowest BCUT2D eigenvalue weighted by atomic mass is 9.98. The standard InChI is InChI=1S/C31H39N5O4/c1-3-5-6-7-11-19-33-22-28-35(27(30(33)39)20-24-14-16-26(37)17-15-24)29(38)23-34(18-4-2)36(28)31(40)32-21-25-12-9-8-10-13-25/h2,8-10,12-17,27-28,37H,3,5-7,11,18-23H2,1H3,(H,32,40)/t27-,28-/m0/s1. The van der Waals surface area contributed by atoms with E-state index in [1.165, 1.54) is 5.01 Å². The highest BCUT2D eigenvalue weighted by atomic mass is 16.3. The maximum absolute atomic E-state index is 13.8. The molecule has 212 valence electrons. The third-order valence-electron chi connectivity index (χ3n) is 7.50. The van der Waals surface area contributed by atoms with Gasteiger partial charge in [-0.15, -0.1) is 6.42 Å². The molecular weight excluding hydrogens is 506 g/mol. The van der Waals surface area contributed by atoms with Crippen LogP contribution in [0.15, 0.2) is 54.6 Å². The van der Waals surface area contributed by atoms with Gasteiger partial charge >= 0.3 is 6.03 Å². The Morgan fingerprint density at radius 3 is 2.45 bits per heavy atom. The zero-order valence-electron chi connectivity index (χ0n) is 23.2. The smallest absolute Gasteiger partial charge is 0.334 e. The number of amides is 4. The van der Waals surface area contributed by atoms with Gasteiger partial charge in [-0.3, -0.25) is 9.59 Å². The quantitative estimate of drug-likeness (QED) is 0.334. The molecule has 0 radical (unpaired) electrons. The summed E-state index contributed by atoms with van der Waals surface area (Å²) in [7, 11) is 0. The summed E-state index contributed by atoms with van der Waals surface area (Å²) >= 11 is 0. The summed E-state index contributed by atoms with van der Waals surface area (Å²) in [4.78, 5) is 44.4. The molecule has 2 aliphatic rings. The fraction of sp³-hybridized carbons (Fsp3) is 0.452. The van der Waals surface area contributed by atoms with Gasteiger partial charge in [0.25, 0.3) is 0 Å². The van der Waals surface area contributed by atoms with E-state index in [1.54, 1.807) is 39.1 Å². The Morgan fingerprint density at radius 1 is 1.02 bits per heavy atom. The van der Waals surface area contributed by atoms with Crippen molar-refractivity contribution >= 4 is 17.8 Å². The Hall–Kier alpha value is -4.03. The number of nitrogens with one attached hydrogen (secondary N) is 1. The number of phenols is 1. The number of nitrogens with zero attached hydrogens (tertiary/aromatic N) is 4. The molecule has 4 rings (SSSR count). The number of carbonyl (C=O) groups excluding carboxylic acids is 3. The van der Waals surface area contributed by atoms with Crippen LogP contribution in [0, 0.1) is 12.3 Å². The lowest BCUT2D eigenvalue weighted by molar-refractivity contribution is -0.188. The van der Waals surface area contributed by atoms with Gasteiger partial charge in [0.1, 0.15) is 18.0 Å². The average molecular weight is 546 g/mol. The Morgan fingerprint density at radius 2 is 1.75 bits per heavy atom. The van der Waals surface area contributed by atoms with Crippen LogP contribution in [0.1, 0.15) is 50.2 Å². The summed E-state index contributed by atoms with van der Waals surface area (Å²) in [5, 5.41) is 15.8. The van der Waals surface area contributed by atoms with E-state index in [2.05, 4.69) is 18.2 Å². The van der Waals surface area contributed by atoms with Crippen molar-refractivity contribution in [2.45, 2.75) is 64.2 Å². The number of urea groups is 1. The van der Waals surface area contributed by atoms with Gasteiger partial charge < -0.3 is 20.2 Å². The molecule has 9 nitrogen and oxygen atoms in total. The van der Waals surface area contributed by atoms with Crippen LogP contribution in [0.2, 0.25) is 0 Å². The number of aromatic hydroxyl groups is 1. The summed E-state index contributed by atoms with van der Waals surface area (Å²) in [5.41, 5.74) is 1.76. The van der Waals surface area contributed by atoms with Gasteiger partial charge in [0.15, 0.2) is 0 Å². The monoisotopic (exact) mass is 545 g/mol. The number of carbonyl (C=O) groups is 3. The zero-order valence-corrected chi connectivity index (χ0v) is 23.2. The average Bonchev–Trinajstić information content (AvgIpc) is 2.95. The third-order valence-corrected chi connectivity index (χ3v) is 7.50. The van der Waals surface area contributed by atoms with Gasteiger partial charge in [-0.1, -0.05) is 81.0 Å². The molecule has 2 aliphatic heterocycles. The molecular formula is C31H39N5O4. The molecule has 0 aliphatic carbocycles. The van der Waals surface area contributed by atoms with Gasteiger partial charge in [0, 0.05) is 19.5 Å². The van der Waals surface area contributed by atoms with Crippen LogP contribution in [0.4, 0.5) is 4.79 Å². The first-order valence-electron chi connectivity index (χ1n) is 14.1. The Bertz CT molecular complexity index is 1200. The predicted octanol–water partition coefficient (Wildman–Crippen LogP) is 3.35. The van der Waals surface area contributed by atoms with Gasteiger partial charge in [-0.2, -0.15) is 5.01 Å². The van der Waals surface area contributed by atoms with Crippen molar-refractivity contribution in [1.82, 2.24) is 25.1 Å². The maximum Gasteiger partial charge on any atom is 0.334 e. The number of rotatable bonds is 11. The predicted molar refractivity (Wildman–Crippen MR) is 152 cm³/mol. The molecule has 2 aromatic carbocycles. The van der Waals surface area contributed by atoms with E-state index in [4.69, 9.17) is 6.42 Å². The van der Waals surface area contributed by atoms with Crippen molar-refractivity contribution in [1.29, 1.82) is 0 Å². The van der Waals surface area contributed by atoms with Gasteiger partial charge in [0.05, 0.1) is 19.6 Å². The largest absolute Gasteiger partial charge is 0.508 e. The summed E-state index contributed by atoms with van der Waals surface area (Å²) in [6.45, 7) is 3.23. The molecule has 0 spiro atoms. The molecule has 0 unspecified atom stereocenters. The molecule has 0 bridgehead atoms. The summed E-state index contributed by atoms with van der Waals surface area (Å²) in [6, 6.07) is 15.1. The van der Waals surface area contributed by atoms with Crippen LogP contribution in [0.3, 0.4) is 0 Å².